The fraction of sp³-hybridized carbons (Fsp3) is 0.182. The molecule has 1 heterocycles. The molecule has 2 rings (SSSR count). The second-order valence-electron chi connectivity index (χ2n) is 3.13. The molecule has 1 aliphatic heterocycles. The smallest absolute Gasteiger partial charge is 0.335 e. The molecule has 0 aliphatic carbocycles. The van der Waals surface area contributed by atoms with E-state index in [1.807, 2.05) is 23.9 Å². The summed E-state index contributed by atoms with van der Waals surface area (Å²) < 4.78 is 0. The molecule has 0 unspecified atom stereocenters. The number of rotatable bonds is 2. The van der Waals surface area contributed by atoms with Crippen molar-refractivity contribution in [2.75, 3.05) is 11.5 Å². The third-order valence-electron chi connectivity index (χ3n) is 2.21. The molecule has 3 heteroatoms. The Morgan fingerprint density at radius 1 is 1.29 bits per heavy atom. The first-order chi connectivity index (χ1) is 6.77. The summed E-state index contributed by atoms with van der Waals surface area (Å²) >= 11 is 1.88. The highest BCUT2D eigenvalue weighted by Crippen LogP contribution is 2.26. The van der Waals surface area contributed by atoms with Gasteiger partial charge < -0.3 is 5.11 Å². The van der Waals surface area contributed by atoms with E-state index in [0.29, 0.717) is 5.56 Å². The summed E-state index contributed by atoms with van der Waals surface area (Å²) in [5.41, 5.74) is 2.80. The lowest BCUT2D eigenvalue weighted by molar-refractivity contribution is 0.0697. The Bertz CT molecular complexity index is 379. The molecule has 0 aromatic heterocycles. The van der Waals surface area contributed by atoms with Crippen LogP contribution in [0.4, 0.5) is 0 Å². The number of hydrogen-bond donors (Lipinski definition) is 1. The molecule has 0 amide bonds. The Morgan fingerprint density at radius 3 is 2.50 bits per heavy atom. The van der Waals surface area contributed by atoms with Crippen LogP contribution in [-0.4, -0.2) is 22.6 Å². The molecule has 14 heavy (non-hydrogen) atoms. The van der Waals surface area contributed by atoms with Crippen LogP contribution in [0.1, 0.15) is 15.9 Å². The van der Waals surface area contributed by atoms with Crippen LogP contribution in [0.5, 0.6) is 0 Å². The van der Waals surface area contributed by atoms with E-state index in [0.717, 1.165) is 17.1 Å². The first-order valence-corrected chi connectivity index (χ1v) is 5.53. The van der Waals surface area contributed by atoms with Gasteiger partial charge in [0.25, 0.3) is 0 Å². The Labute approximate surface area is 86.6 Å². The highest BCUT2D eigenvalue weighted by Gasteiger charge is 2.08. The molecule has 0 fully saturated rings. The molecule has 0 saturated heterocycles. The van der Waals surface area contributed by atoms with E-state index in [1.165, 1.54) is 5.57 Å². The summed E-state index contributed by atoms with van der Waals surface area (Å²) in [4.78, 5) is 10.6. The minimum Gasteiger partial charge on any atom is -0.478 e. The normalized spacial score (nSPS) is 15.3. The number of hydrogen-bond acceptors (Lipinski definition) is 2. The molecule has 1 aliphatic rings. The molecular formula is C11H10O2S. The van der Waals surface area contributed by atoms with E-state index in [9.17, 15) is 4.79 Å². The van der Waals surface area contributed by atoms with E-state index in [-0.39, 0.29) is 0 Å². The lowest BCUT2D eigenvalue weighted by Gasteiger charge is -2.01. The number of thioether (sulfide) groups is 1. The SMILES string of the molecule is O=C(O)c1ccc(C2=CCSC2)cc1. The van der Waals surface area contributed by atoms with Crippen molar-refractivity contribution in [3.8, 4) is 0 Å². The fourth-order valence-electron chi connectivity index (χ4n) is 1.42. The van der Waals surface area contributed by atoms with Gasteiger partial charge in [-0.1, -0.05) is 18.2 Å². The molecule has 72 valence electrons. The maximum Gasteiger partial charge on any atom is 0.335 e. The van der Waals surface area contributed by atoms with Gasteiger partial charge in [-0.2, -0.15) is 11.8 Å². The Hall–Kier alpha value is -1.22. The van der Waals surface area contributed by atoms with Crippen molar-refractivity contribution >= 4 is 23.3 Å². The summed E-state index contributed by atoms with van der Waals surface area (Å²) in [6.45, 7) is 0. The van der Waals surface area contributed by atoms with Crippen molar-refractivity contribution in [1.29, 1.82) is 0 Å². The quantitative estimate of drug-likeness (QED) is 0.807. The molecule has 0 radical (unpaired) electrons. The summed E-state index contributed by atoms with van der Waals surface area (Å²) in [5.74, 6) is 1.23. The van der Waals surface area contributed by atoms with E-state index < -0.39 is 5.97 Å². The lowest BCUT2D eigenvalue weighted by Crippen LogP contribution is -1.95. The first-order valence-electron chi connectivity index (χ1n) is 4.38. The van der Waals surface area contributed by atoms with E-state index in [4.69, 9.17) is 5.11 Å². The van der Waals surface area contributed by atoms with Gasteiger partial charge in [0, 0.05) is 11.5 Å². The minimum absolute atomic E-state index is 0.347. The van der Waals surface area contributed by atoms with Gasteiger partial charge in [-0.05, 0) is 23.3 Å². The van der Waals surface area contributed by atoms with Crippen LogP contribution in [0.25, 0.3) is 5.57 Å². The zero-order valence-corrected chi connectivity index (χ0v) is 8.38. The number of aromatic carboxylic acids is 1. The monoisotopic (exact) mass is 206 g/mol. The van der Waals surface area contributed by atoms with Crippen molar-refractivity contribution in [3.63, 3.8) is 0 Å². The summed E-state index contributed by atoms with van der Waals surface area (Å²) in [6, 6.07) is 7.06. The van der Waals surface area contributed by atoms with Crippen molar-refractivity contribution in [3.05, 3.63) is 41.5 Å². The Morgan fingerprint density at radius 2 is 2.00 bits per heavy atom. The average molecular weight is 206 g/mol. The third kappa shape index (κ3) is 1.82. The number of carbonyl (C=O) groups is 1. The average Bonchev–Trinajstić information content (AvgIpc) is 2.71. The molecule has 0 saturated carbocycles. The van der Waals surface area contributed by atoms with Crippen LogP contribution < -0.4 is 0 Å². The predicted octanol–water partition coefficient (Wildman–Crippen LogP) is 2.52. The largest absolute Gasteiger partial charge is 0.478 e. The molecule has 0 bridgehead atoms. The number of carboxylic acids is 1. The zero-order valence-electron chi connectivity index (χ0n) is 7.56. The van der Waals surface area contributed by atoms with Crippen LogP contribution >= 0.6 is 11.8 Å². The number of carboxylic acid groups (broad SMARTS) is 1. The van der Waals surface area contributed by atoms with E-state index >= 15 is 0 Å². The van der Waals surface area contributed by atoms with Crippen molar-refractivity contribution in [1.82, 2.24) is 0 Å². The van der Waals surface area contributed by atoms with Gasteiger partial charge in [0.2, 0.25) is 0 Å². The lowest BCUT2D eigenvalue weighted by atomic mass is 10.1. The van der Waals surface area contributed by atoms with Gasteiger partial charge in [0.15, 0.2) is 0 Å². The van der Waals surface area contributed by atoms with Crippen LogP contribution in [0.2, 0.25) is 0 Å². The van der Waals surface area contributed by atoms with Crippen molar-refractivity contribution < 1.29 is 9.90 Å². The molecule has 0 atom stereocenters. The van der Waals surface area contributed by atoms with Gasteiger partial charge >= 0.3 is 5.97 Å². The fourth-order valence-corrected chi connectivity index (χ4v) is 2.36. The topological polar surface area (TPSA) is 37.3 Å². The molecule has 1 aromatic rings. The van der Waals surface area contributed by atoms with E-state index in [1.54, 1.807) is 12.1 Å². The summed E-state index contributed by atoms with van der Waals surface area (Å²) in [6.07, 6.45) is 2.19. The highest BCUT2D eigenvalue weighted by atomic mass is 32.2. The molecular weight excluding hydrogens is 196 g/mol. The van der Waals surface area contributed by atoms with Gasteiger partial charge in [-0.3, -0.25) is 0 Å². The molecule has 2 nitrogen and oxygen atoms in total. The molecule has 1 aromatic carbocycles. The van der Waals surface area contributed by atoms with Gasteiger partial charge in [-0.25, -0.2) is 4.79 Å². The first kappa shape index (κ1) is 9.34. The number of benzene rings is 1. The Kier molecular flexibility index (Phi) is 2.59. The standard InChI is InChI=1S/C11H10O2S/c12-11(13)9-3-1-8(2-4-9)10-5-6-14-7-10/h1-5H,6-7H2,(H,12,13). The maximum atomic E-state index is 10.6. The van der Waals surface area contributed by atoms with Gasteiger partial charge in [0.05, 0.1) is 5.56 Å². The minimum atomic E-state index is -0.869. The summed E-state index contributed by atoms with van der Waals surface area (Å²) in [5, 5.41) is 8.72. The predicted molar refractivity (Wildman–Crippen MR) is 58.7 cm³/mol. The van der Waals surface area contributed by atoms with Crippen molar-refractivity contribution in [2.24, 2.45) is 0 Å². The highest BCUT2D eigenvalue weighted by molar-refractivity contribution is 8.00. The van der Waals surface area contributed by atoms with E-state index in [2.05, 4.69) is 6.08 Å². The van der Waals surface area contributed by atoms with Crippen LogP contribution in [-0.2, 0) is 0 Å². The second-order valence-corrected chi connectivity index (χ2v) is 4.16. The Balaban J connectivity index is 2.25. The maximum absolute atomic E-state index is 10.6. The van der Waals surface area contributed by atoms with Crippen molar-refractivity contribution in [2.45, 2.75) is 0 Å². The molecule has 1 N–H and O–H groups in total. The van der Waals surface area contributed by atoms with Gasteiger partial charge in [0.1, 0.15) is 0 Å². The van der Waals surface area contributed by atoms with Crippen LogP contribution in [0.15, 0.2) is 30.3 Å². The third-order valence-corrected chi connectivity index (χ3v) is 3.13. The van der Waals surface area contributed by atoms with Crippen LogP contribution in [0.3, 0.4) is 0 Å². The van der Waals surface area contributed by atoms with Crippen LogP contribution in [0, 0.1) is 0 Å². The van der Waals surface area contributed by atoms with Gasteiger partial charge in [-0.15, -0.1) is 0 Å². The second kappa shape index (κ2) is 3.88. The molecule has 0 spiro atoms. The zero-order chi connectivity index (χ0) is 9.97. The summed E-state index contributed by atoms with van der Waals surface area (Å²) in [7, 11) is 0.